The fraction of sp³-hybridized carbons (Fsp3) is 0.211. The van der Waals surface area contributed by atoms with E-state index in [0.717, 1.165) is 17.1 Å². The van der Waals surface area contributed by atoms with Crippen molar-refractivity contribution >= 4 is 23.5 Å². The van der Waals surface area contributed by atoms with Crippen molar-refractivity contribution in [1.82, 2.24) is 5.43 Å². The van der Waals surface area contributed by atoms with Gasteiger partial charge in [0, 0.05) is 12.8 Å². The maximum atomic E-state index is 12.5. The molecular formula is C19H15F3N2O4. The van der Waals surface area contributed by atoms with Crippen LogP contribution in [-0.2, 0) is 27.1 Å². The first kappa shape index (κ1) is 19.4. The van der Waals surface area contributed by atoms with Gasteiger partial charge in [0.2, 0.25) is 11.8 Å². The van der Waals surface area contributed by atoms with Gasteiger partial charge in [-0.2, -0.15) is 13.2 Å². The summed E-state index contributed by atoms with van der Waals surface area (Å²) in [6.45, 7) is -0.181. The first-order chi connectivity index (χ1) is 13.2. The van der Waals surface area contributed by atoms with Gasteiger partial charge in [0.1, 0.15) is 6.61 Å². The number of ether oxygens (including phenoxy) is 1. The summed E-state index contributed by atoms with van der Waals surface area (Å²) in [6, 6.07) is 10.1. The standard InChI is InChI=1S/C19H15F3N2O4/c20-19(21,22)14-5-1-12(2-6-14)11-28-18(27)13-3-7-15(8-4-13)24-17(26)10-9-16(25)23-24/h1-8H,9-11H2,(H,23,25). The van der Waals surface area contributed by atoms with Crippen LogP contribution in [0.2, 0.25) is 0 Å². The third kappa shape index (κ3) is 4.48. The number of esters is 1. The number of anilines is 1. The van der Waals surface area contributed by atoms with E-state index in [-0.39, 0.29) is 36.8 Å². The third-order valence-corrected chi connectivity index (χ3v) is 4.06. The molecule has 0 radical (unpaired) electrons. The molecule has 146 valence electrons. The molecule has 1 N–H and O–H groups in total. The average molecular weight is 392 g/mol. The number of hydrogen-bond donors (Lipinski definition) is 1. The van der Waals surface area contributed by atoms with E-state index in [1.54, 1.807) is 0 Å². The maximum Gasteiger partial charge on any atom is 0.416 e. The first-order valence-corrected chi connectivity index (χ1v) is 8.30. The van der Waals surface area contributed by atoms with E-state index < -0.39 is 17.7 Å². The van der Waals surface area contributed by atoms with E-state index in [1.165, 1.54) is 36.4 Å². The molecule has 1 aliphatic heterocycles. The van der Waals surface area contributed by atoms with Crippen molar-refractivity contribution in [2.45, 2.75) is 25.6 Å². The number of benzene rings is 2. The molecule has 1 heterocycles. The molecule has 28 heavy (non-hydrogen) atoms. The molecule has 6 nitrogen and oxygen atoms in total. The Labute approximate surface area is 157 Å². The molecule has 0 spiro atoms. The Bertz CT molecular complexity index is 893. The molecule has 0 aromatic heterocycles. The lowest BCUT2D eigenvalue weighted by Gasteiger charge is -2.27. The van der Waals surface area contributed by atoms with Crippen LogP contribution in [0.4, 0.5) is 18.9 Å². The molecule has 2 aromatic rings. The molecule has 0 atom stereocenters. The van der Waals surface area contributed by atoms with Crippen molar-refractivity contribution < 1.29 is 32.3 Å². The number of amides is 2. The summed E-state index contributed by atoms with van der Waals surface area (Å²) in [5, 5.41) is 1.11. The van der Waals surface area contributed by atoms with Gasteiger partial charge in [0.25, 0.3) is 0 Å². The average Bonchev–Trinajstić information content (AvgIpc) is 2.68. The van der Waals surface area contributed by atoms with E-state index in [4.69, 9.17) is 4.74 Å². The Morgan fingerprint density at radius 1 is 1.00 bits per heavy atom. The molecule has 0 saturated carbocycles. The Morgan fingerprint density at radius 2 is 1.64 bits per heavy atom. The number of halogens is 3. The Morgan fingerprint density at radius 3 is 2.25 bits per heavy atom. The SMILES string of the molecule is O=C1CCC(=O)N(c2ccc(C(=O)OCc3ccc(C(F)(F)F)cc3)cc2)N1. The van der Waals surface area contributed by atoms with Gasteiger partial charge in [-0.1, -0.05) is 12.1 Å². The highest BCUT2D eigenvalue weighted by Gasteiger charge is 2.30. The van der Waals surface area contributed by atoms with Gasteiger partial charge in [-0.15, -0.1) is 0 Å². The number of hydrogen-bond acceptors (Lipinski definition) is 4. The van der Waals surface area contributed by atoms with Crippen molar-refractivity contribution in [1.29, 1.82) is 0 Å². The molecule has 0 aliphatic carbocycles. The molecular weight excluding hydrogens is 377 g/mol. The number of nitrogens with one attached hydrogen (secondary N) is 1. The summed E-state index contributed by atoms with van der Waals surface area (Å²) in [4.78, 5) is 35.4. The minimum absolute atomic E-state index is 0.1000. The lowest BCUT2D eigenvalue weighted by molar-refractivity contribution is -0.137. The molecule has 2 aromatic carbocycles. The second kappa shape index (κ2) is 7.71. The monoisotopic (exact) mass is 392 g/mol. The molecule has 0 bridgehead atoms. The van der Waals surface area contributed by atoms with Crippen molar-refractivity contribution in [3.8, 4) is 0 Å². The molecule has 0 unspecified atom stereocenters. The maximum absolute atomic E-state index is 12.5. The van der Waals surface area contributed by atoms with Crippen LogP contribution in [0.3, 0.4) is 0 Å². The van der Waals surface area contributed by atoms with Crippen LogP contribution < -0.4 is 10.4 Å². The summed E-state index contributed by atoms with van der Waals surface area (Å²) in [6.07, 6.45) is -4.20. The highest BCUT2D eigenvalue weighted by atomic mass is 19.4. The molecule has 9 heteroatoms. The zero-order valence-electron chi connectivity index (χ0n) is 14.5. The van der Waals surface area contributed by atoms with Crippen LogP contribution in [-0.4, -0.2) is 17.8 Å². The lowest BCUT2D eigenvalue weighted by Crippen LogP contribution is -2.50. The van der Waals surface area contributed by atoms with E-state index in [2.05, 4.69) is 5.43 Å². The summed E-state index contributed by atoms with van der Waals surface area (Å²) >= 11 is 0. The van der Waals surface area contributed by atoms with Gasteiger partial charge in [-0.3, -0.25) is 15.0 Å². The smallest absolute Gasteiger partial charge is 0.416 e. The Balaban J connectivity index is 1.60. The largest absolute Gasteiger partial charge is 0.457 e. The Hall–Kier alpha value is -3.36. The molecule has 1 saturated heterocycles. The third-order valence-electron chi connectivity index (χ3n) is 4.06. The molecule has 3 rings (SSSR count). The number of nitrogens with zero attached hydrogens (tertiary/aromatic N) is 1. The number of hydrazine groups is 1. The minimum atomic E-state index is -4.42. The second-order valence-electron chi connectivity index (χ2n) is 6.08. The Kier molecular flexibility index (Phi) is 5.34. The predicted molar refractivity (Wildman–Crippen MR) is 91.9 cm³/mol. The molecule has 1 aliphatic rings. The zero-order chi connectivity index (χ0) is 20.3. The van der Waals surface area contributed by atoms with Gasteiger partial charge in [0.05, 0.1) is 16.8 Å². The van der Waals surface area contributed by atoms with Gasteiger partial charge >= 0.3 is 12.1 Å². The fourth-order valence-corrected chi connectivity index (χ4v) is 2.55. The fourth-order valence-electron chi connectivity index (χ4n) is 2.55. The number of alkyl halides is 3. The highest BCUT2D eigenvalue weighted by Crippen LogP contribution is 2.29. The lowest BCUT2D eigenvalue weighted by atomic mass is 10.1. The van der Waals surface area contributed by atoms with E-state index in [0.29, 0.717) is 11.3 Å². The number of carbonyl (C=O) groups excluding carboxylic acids is 3. The van der Waals surface area contributed by atoms with Crippen molar-refractivity contribution in [2.24, 2.45) is 0 Å². The van der Waals surface area contributed by atoms with E-state index >= 15 is 0 Å². The molecule has 1 fully saturated rings. The second-order valence-corrected chi connectivity index (χ2v) is 6.08. The van der Waals surface area contributed by atoms with Gasteiger partial charge < -0.3 is 4.74 Å². The van der Waals surface area contributed by atoms with Crippen LogP contribution >= 0.6 is 0 Å². The summed E-state index contributed by atoms with van der Waals surface area (Å²) in [7, 11) is 0. The first-order valence-electron chi connectivity index (χ1n) is 8.30. The number of rotatable bonds is 4. The van der Waals surface area contributed by atoms with E-state index in [1.807, 2.05) is 0 Å². The summed E-state index contributed by atoms with van der Waals surface area (Å²) < 4.78 is 42.7. The van der Waals surface area contributed by atoms with Crippen molar-refractivity contribution in [2.75, 3.05) is 5.01 Å². The van der Waals surface area contributed by atoms with Crippen LogP contribution in [0.15, 0.2) is 48.5 Å². The van der Waals surface area contributed by atoms with Crippen LogP contribution in [0.1, 0.15) is 34.3 Å². The van der Waals surface area contributed by atoms with Crippen LogP contribution in [0.5, 0.6) is 0 Å². The van der Waals surface area contributed by atoms with Crippen LogP contribution in [0.25, 0.3) is 0 Å². The summed E-state index contributed by atoms with van der Waals surface area (Å²) in [5.74, 6) is -1.21. The summed E-state index contributed by atoms with van der Waals surface area (Å²) in [5.41, 5.74) is 2.68. The quantitative estimate of drug-likeness (QED) is 0.811. The normalized spacial score (nSPS) is 14.6. The molecule has 2 amide bonds. The highest BCUT2D eigenvalue weighted by molar-refractivity contribution is 6.01. The van der Waals surface area contributed by atoms with Gasteiger partial charge in [-0.05, 0) is 42.0 Å². The van der Waals surface area contributed by atoms with E-state index in [9.17, 15) is 27.6 Å². The number of carbonyl (C=O) groups is 3. The van der Waals surface area contributed by atoms with Gasteiger partial charge in [0.15, 0.2) is 0 Å². The van der Waals surface area contributed by atoms with Gasteiger partial charge in [-0.25, -0.2) is 9.80 Å². The van der Waals surface area contributed by atoms with Crippen LogP contribution in [0, 0.1) is 0 Å². The predicted octanol–water partition coefficient (Wildman–Crippen LogP) is 3.22. The topological polar surface area (TPSA) is 75.7 Å². The van der Waals surface area contributed by atoms with Crippen molar-refractivity contribution in [3.05, 3.63) is 65.2 Å². The zero-order valence-corrected chi connectivity index (χ0v) is 14.5. The minimum Gasteiger partial charge on any atom is -0.457 e. The van der Waals surface area contributed by atoms with Crippen molar-refractivity contribution in [3.63, 3.8) is 0 Å².